The van der Waals surface area contributed by atoms with Crippen LogP contribution in [0.1, 0.15) is 53.9 Å². The fourth-order valence-electron chi connectivity index (χ4n) is 1.30. The summed E-state index contributed by atoms with van der Waals surface area (Å²) in [6.07, 6.45) is 3.88. The molecule has 0 fully saturated rings. The van der Waals surface area contributed by atoms with Gasteiger partial charge in [0.2, 0.25) is 0 Å². The van der Waals surface area contributed by atoms with E-state index < -0.39 is 0 Å². The van der Waals surface area contributed by atoms with Gasteiger partial charge in [-0.15, -0.1) is 0 Å². The monoisotopic (exact) mass is 166 g/mol. The van der Waals surface area contributed by atoms with Crippen molar-refractivity contribution in [1.82, 2.24) is 0 Å². The van der Waals surface area contributed by atoms with Crippen molar-refractivity contribution >= 4 is 0 Å². The van der Waals surface area contributed by atoms with Crippen LogP contribution in [0.25, 0.3) is 0 Å². The third kappa shape index (κ3) is 4.44. The molecule has 0 radical (unpaired) electrons. The molecular formula is C12H22. The van der Waals surface area contributed by atoms with Gasteiger partial charge < -0.3 is 0 Å². The normalized spacial score (nSPS) is 25.6. The molecule has 0 N–H and O–H groups in total. The minimum Gasteiger partial charge on any atom is -0.0996 e. The average molecular weight is 166 g/mol. The lowest BCUT2D eigenvalue weighted by Crippen LogP contribution is -2.05. The Morgan fingerprint density at radius 2 is 1.83 bits per heavy atom. The Labute approximate surface area is 77.8 Å². The Hall–Kier alpha value is -0.440. The molecule has 0 amide bonds. The van der Waals surface area contributed by atoms with Crippen molar-refractivity contribution < 1.29 is 0 Å². The Morgan fingerprint density at radius 1 is 1.25 bits per heavy atom. The standard InChI is InChI=1S/C10H16.C2H6/c1-9-5-4-7-10(2,3)8-6-9;1-2/h9H,4-5,7H2,1-3H3;1-2H3. The van der Waals surface area contributed by atoms with Gasteiger partial charge in [0.25, 0.3) is 0 Å². The zero-order valence-electron chi connectivity index (χ0n) is 9.20. The van der Waals surface area contributed by atoms with Crippen molar-refractivity contribution in [2.45, 2.75) is 53.9 Å². The lowest BCUT2D eigenvalue weighted by Gasteiger charge is -2.14. The minimum absolute atomic E-state index is 0.282. The summed E-state index contributed by atoms with van der Waals surface area (Å²) >= 11 is 0. The van der Waals surface area contributed by atoms with Crippen LogP contribution in [0.4, 0.5) is 0 Å². The maximum Gasteiger partial charge on any atom is 0.0258 e. The van der Waals surface area contributed by atoms with E-state index in [2.05, 4.69) is 32.6 Å². The second kappa shape index (κ2) is 5.25. The third-order valence-corrected chi connectivity index (χ3v) is 2.10. The highest BCUT2D eigenvalue weighted by Crippen LogP contribution is 2.26. The molecule has 0 saturated carbocycles. The second-order valence-corrected chi connectivity index (χ2v) is 3.95. The van der Waals surface area contributed by atoms with Gasteiger partial charge in [0, 0.05) is 11.3 Å². The van der Waals surface area contributed by atoms with Gasteiger partial charge in [-0.2, -0.15) is 0 Å². The van der Waals surface area contributed by atoms with Crippen LogP contribution in [0.3, 0.4) is 0 Å². The number of hydrogen-bond donors (Lipinski definition) is 0. The molecule has 0 bridgehead atoms. The maximum atomic E-state index is 3.32. The molecule has 0 nitrogen and oxygen atoms in total. The Kier molecular flexibility index (Phi) is 5.06. The van der Waals surface area contributed by atoms with E-state index in [0.717, 1.165) is 0 Å². The zero-order valence-corrected chi connectivity index (χ0v) is 9.20. The average Bonchev–Trinajstić information content (AvgIpc) is 2.17. The van der Waals surface area contributed by atoms with E-state index in [-0.39, 0.29) is 5.41 Å². The molecule has 0 aromatic heterocycles. The predicted octanol–water partition coefficient (Wildman–Crippen LogP) is 3.86. The van der Waals surface area contributed by atoms with Crippen LogP contribution in [0, 0.1) is 23.2 Å². The SMILES string of the molecule is CC.CC1C#CC(C)(C)CCC1. The van der Waals surface area contributed by atoms with Crippen LogP contribution in [-0.2, 0) is 0 Å². The fraction of sp³-hybridized carbons (Fsp3) is 0.833. The van der Waals surface area contributed by atoms with Crippen molar-refractivity contribution in [3.05, 3.63) is 0 Å². The quantitative estimate of drug-likeness (QED) is 0.479. The first kappa shape index (κ1) is 11.6. The van der Waals surface area contributed by atoms with Gasteiger partial charge in [0.15, 0.2) is 0 Å². The summed E-state index contributed by atoms with van der Waals surface area (Å²) in [6.45, 7) is 10.7. The van der Waals surface area contributed by atoms with E-state index >= 15 is 0 Å². The Balaban J connectivity index is 0.000000561. The summed E-state index contributed by atoms with van der Waals surface area (Å²) in [6, 6.07) is 0. The van der Waals surface area contributed by atoms with Crippen LogP contribution < -0.4 is 0 Å². The topological polar surface area (TPSA) is 0 Å². The van der Waals surface area contributed by atoms with Crippen LogP contribution in [0.5, 0.6) is 0 Å². The van der Waals surface area contributed by atoms with E-state index in [9.17, 15) is 0 Å². The second-order valence-electron chi connectivity index (χ2n) is 3.95. The zero-order chi connectivity index (χ0) is 9.61. The summed E-state index contributed by atoms with van der Waals surface area (Å²) in [5, 5.41) is 0. The maximum absolute atomic E-state index is 3.32. The van der Waals surface area contributed by atoms with Gasteiger partial charge in [-0.05, 0) is 26.7 Å². The largest absolute Gasteiger partial charge is 0.0996 e. The van der Waals surface area contributed by atoms with Gasteiger partial charge in [-0.1, -0.05) is 39.0 Å². The van der Waals surface area contributed by atoms with E-state index in [1.165, 1.54) is 19.3 Å². The van der Waals surface area contributed by atoms with Gasteiger partial charge >= 0.3 is 0 Å². The smallest absolute Gasteiger partial charge is 0.0258 e. The van der Waals surface area contributed by atoms with Crippen molar-refractivity contribution in [2.75, 3.05) is 0 Å². The molecule has 0 heterocycles. The highest BCUT2D eigenvalue weighted by Gasteiger charge is 2.16. The molecule has 0 aromatic rings. The van der Waals surface area contributed by atoms with Gasteiger partial charge in [0.05, 0.1) is 0 Å². The summed E-state index contributed by atoms with van der Waals surface area (Å²) in [7, 11) is 0. The molecule has 0 saturated heterocycles. The van der Waals surface area contributed by atoms with E-state index in [0.29, 0.717) is 5.92 Å². The molecule has 0 aliphatic heterocycles. The summed E-state index contributed by atoms with van der Waals surface area (Å²) in [5.74, 6) is 7.23. The van der Waals surface area contributed by atoms with Crippen LogP contribution in [0.2, 0.25) is 0 Å². The molecular weight excluding hydrogens is 144 g/mol. The van der Waals surface area contributed by atoms with E-state index in [4.69, 9.17) is 0 Å². The van der Waals surface area contributed by atoms with Crippen LogP contribution >= 0.6 is 0 Å². The fourth-order valence-corrected chi connectivity index (χ4v) is 1.30. The van der Waals surface area contributed by atoms with E-state index in [1.54, 1.807) is 0 Å². The van der Waals surface area contributed by atoms with Crippen LogP contribution in [0.15, 0.2) is 0 Å². The minimum atomic E-state index is 0.282. The molecule has 1 aliphatic rings. The molecule has 1 rings (SSSR count). The molecule has 12 heavy (non-hydrogen) atoms. The highest BCUT2D eigenvalue weighted by molar-refractivity contribution is 5.12. The molecule has 1 aliphatic carbocycles. The molecule has 1 unspecified atom stereocenters. The summed E-state index contributed by atoms with van der Waals surface area (Å²) < 4.78 is 0. The molecule has 0 spiro atoms. The highest BCUT2D eigenvalue weighted by atomic mass is 14.2. The lowest BCUT2D eigenvalue weighted by atomic mass is 9.89. The Morgan fingerprint density at radius 3 is 2.42 bits per heavy atom. The van der Waals surface area contributed by atoms with Gasteiger partial charge in [0.1, 0.15) is 0 Å². The first-order chi connectivity index (χ1) is 5.60. The first-order valence-corrected chi connectivity index (χ1v) is 5.13. The summed E-state index contributed by atoms with van der Waals surface area (Å²) in [5.41, 5.74) is 0.282. The molecule has 1 atom stereocenters. The van der Waals surface area contributed by atoms with Crippen LogP contribution in [-0.4, -0.2) is 0 Å². The number of hydrogen-bond acceptors (Lipinski definition) is 0. The van der Waals surface area contributed by atoms with Gasteiger partial charge in [-0.25, -0.2) is 0 Å². The first-order valence-electron chi connectivity index (χ1n) is 5.13. The lowest BCUT2D eigenvalue weighted by molar-refractivity contribution is 0.431. The van der Waals surface area contributed by atoms with Crippen molar-refractivity contribution in [1.29, 1.82) is 0 Å². The Bertz CT molecular complexity index is 166. The van der Waals surface area contributed by atoms with Crippen molar-refractivity contribution in [3.8, 4) is 11.8 Å². The number of rotatable bonds is 0. The van der Waals surface area contributed by atoms with Gasteiger partial charge in [-0.3, -0.25) is 0 Å². The van der Waals surface area contributed by atoms with E-state index in [1.807, 2.05) is 13.8 Å². The predicted molar refractivity (Wildman–Crippen MR) is 55.9 cm³/mol. The molecule has 0 aromatic carbocycles. The van der Waals surface area contributed by atoms with Crippen molar-refractivity contribution in [2.24, 2.45) is 11.3 Å². The third-order valence-electron chi connectivity index (χ3n) is 2.10. The van der Waals surface area contributed by atoms with Crippen molar-refractivity contribution in [3.63, 3.8) is 0 Å². The molecule has 0 heteroatoms. The molecule has 70 valence electrons. The summed E-state index contributed by atoms with van der Waals surface area (Å²) in [4.78, 5) is 0.